The van der Waals surface area contributed by atoms with Gasteiger partial charge in [-0.05, 0) is 41.8 Å². The Morgan fingerprint density at radius 2 is 1.73 bits per heavy atom. The molecule has 4 rings (SSSR count). The van der Waals surface area contributed by atoms with Gasteiger partial charge in [0, 0.05) is 45.9 Å². The first-order valence-electron chi connectivity index (χ1n) is 10.9. The number of piperazine rings is 1. The Labute approximate surface area is 195 Å². The molecule has 0 unspecified atom stereocenters. The van der Waals surface area contributed by atoms with Crippen LogP contribution in [0.1, 0.15) is 26.3 Å². The van der Waals surface area contributed by atoms with Crippen molar-refractivity contribution in [3.63, 3.8) is 0 Å². The van der Waals surface area contributed by atoms with Gasteiger partial charge in [-0.25, -0.2) is 18.4 Å². The van der Waals surface area contributed by atoms with Crippen LogP contribution >= 0.6 is 0 Å². The van der Waals surface area contributed by atoms with Gasteiger partial charge in [-0.3, -0.25) is 9.52 Å². The molecule has 1 N–H and O–H groups in total. The number of amides is 1. The lowest BCUT2D eigenvalue weighted by molar-refractivity contribution is -0.131. The second kappa shape index (κ2) is 9.99. The van der Waals surface area contributed by atoms with Gasteiger partial charge in [0.2, 0.25) is 5.91 Å². The van der Waals surface area contributed by atoms with Gasteiger partial charge >= 0.3 is 0 Å². The van der Waals surface area contributed by atoms with Crippen LogP contribution in [0.5, 0.6) is 0 Å². The van der Waals surface area contributed by atoms with Crippen molar-refractivity contribution in [2.24, 2.45) is 0 Å². The minimum absolute atomic E-state index is 0. The van der Waals surface area contributed by atoms with Gasteiger partial charge < -0.3 is 9.80 Å². The molecule has 3 aromatic rings. The third-order valence-corrected chi connectivity index (χ3v) is 7.19. The number of benzene rings is 2. The first-order chi connectivity index (χ1) is 15.9. The van der Waals surface area contributed by atoms with Crippen LogP contribution in [-0.4, -0.2) is 55.4 Å². The van der Waals surface area contributed by atoms with E-state index in [1.165, 1.54) is 24.2 Å². The normalized spacial score (nSPS) is 15.2. The van der Waals surface area contributed by atoms with Crippen molar-refractivity contribution >= 4 is 27.4 Å². The number of rotatable bonds is 7. The van der Waals surface area contributed by atoms with Crippen LogP contribution in [-0.2, 0) is 14.8 Å². The summed E-state index contributed by atoms with van der Waals surface area (Å²) in [5.41, 5.74) is 2.11. The molecule has 0 bridgehead atoms. The summed E-state index contributed by atoms with van der Waals surface area (Å²) in [6.45, 7) is 4.79. The van der Waals surface area contributed by atoms with Crippen LogP contribution in [0.4, 0.5) is 11.5 Å². The third kappa shape index (κ3) is 5.67. The summed E-state index contributed by atoms with van der Waals surface area (Å²) < 4.78 is 27.6. The van der Waals surface area contributed by atoms with E-state index in [1.54, 1.807) is 24.3 Å². The smallest absolute Gasteiger partial charge is 0.263 e. The summed E-state index contributed by atoms with van der Waals surface area (Å²) in [6.07, 6.45) is 3.25. The Bertz CT molecular complexity index is 1170. The maximum atomic E-state index is 12.8. The molecule has 1 aliphatic rings. The molecule has 9 heteroatoms. The summed E-state index contributed by atoms with van der Waals surface area (Å²) in [5.74, 6) is 0.571. The molecular formula is C24H29N5O3S. The van der Waals surface area contributed by atoms with Gasteiger partial charge in [-0.15, -0.1) is 0 Å². The molecule has 1 amide bonds. The minimum Gasteiger partial charge on any atom is -0.368 e. The number of nitrogens with one attached hydrogen (secondary N) is 1. The lowest BCUT2D eigenvalue weighted by Crippen LogP contribution is -2.49. The number of nitrogens with zero attached hydrogens (tertiary/aromatic N) is 4. The monoisotopic (exact) mass is 467 g/mol. The van der Waals surface area contributed by atoms with Crippen molar-refractivity contribution in [3.05, 3.63) is 78.8 Å². The van der Waals surface area contributed by atoms with Crippen LogP contribution in [0.2, 0.25) is 0 Å². The topological polar surface area (TPSA) is 95.5 Å². The fourth-order valence-electron chi connectivity index (χ4n) is 3.89. The largest absolute Gasteiger partial charge is 0.368 e. The number of hydrogen-bond donors (Lipinski definition) is 1. The van der Waals surface area contributed by atoms with Crippen molar-refractivity contribution in [2.75, 3.05) is 35.8 Å². The van der Waals surface area contributed by atoms with E-state index in [-0.39, 0.29) is 24.0 Å². The summed E-state index contributed by atoms with van der Waals surface area (Å²) >= 11 is 0. The lowest BCUT2D eigenvalue weighted by Gasteiger charge is -2.36. The molecule has 0 spiro atoms. The highest BCUT2D eigenvalue weighted by molar-refractivity contribution is 7.92. The van der Waals surface area contributed by atoms with E-state index in [0.717, 1.165) is 5.69 Å². The average molecular weight is 468 g/mol. The Morgan fingerprint density at radius 3 is 2.36 bits per heavy atom. The van der Waals surface area contributed by atoms with Crippen molar-refractivity contribution < 1.29 is 14.6 Å². The predicted molar refractivity (Wildman–Crippen MR) is 130 cm³/mol. The van der Waals surface area contributed by atoms with E-state index in [0.29, 0.717) is 32.6 Å². The molecule has 1 fully saturated rings. The number of carbonyl (C=O) groups is 1. The van der Waals surface area contributed by atoms with Crippen LogP contribution < -0.4 is 9.62 Å². The van der Waals surface area contributed by atoms with E-state index in [1.807, 2.05) is 23.1 Å². The number of sulfonamides is 1. The summed E-state index contributed by atoms with van der Waals surface area (Å²) in [5, 5.41) is 0. The van der Waals surface area contributed by atoms with Crippen LogP contribution in [0.15, 0.2) is 78.1 Å². The van der Waals surface area contributed by atoms with E-state index in [4.69, 9.17) is 0 Å². The molecule has 2 aromatic carbocycles. The van der Waals surface area contributed by atoms with Crippen molar-refractivity contribution in [1.29, 1.82) is 0 Å². The number of anilines is 2. The van der Waals surface area contributed by atoms with Gasteiger partial charge in [0.25, 0.3) is 10.0 Å². The first-order valence-corrected chi connectivity index (χ1v) is 12.4. The van der Waals surface area contributed by atoms with Crippen LogP contribution in [0.25, 0.3) is 0 Å². The van der Waals surface area contributed by atoms with Gasteiger partial charge in [-0.1, -0.05) is 37.3 Å². The van der Waals surface area contributed by atoms with Crippen molar-refractivity contribution in [1.82, 2.24) is 14.9 Å². The van der Waals surface area contributed by atoms with E-state index in [2.05, 4.69) is 38.6 Å². The van der Waals surface area contributed by atoms with Crippen LogP contribution in [0.3, 0.4) is 0 Å². The molecule has 2 heterocycles. The molecule has 174 valence electrons. The molecule has 1 atom stereocenters. The molecule has 1 aromatic heterocycles. The fourth-order valence-corrected chi connectivity index (χ4v) is 4.90. The van der Waals surface area contributed by atoms with Crippen molar-refractivity contribution in [2.45, 2.75) is 24.2 Å². The second-order valence-corrected chi connectivity index (χ2v) is 9.76. The fraction of sp³-hybridized carbons (Fsp3) is 0.292. The van der Waals surface area contributed by atoms with E-state index >= 15 is 0 Å². The zero-order chi connectivity index (χ0) is 23.3. The van der Waals surface area contributed by atoms with E-state index < -0.39 is 10.0 Å². The minimum atomic E-state index is -3.73. The molecular weight excluding hydrogens is 438 g/mol. The number of carbonyl (C=O) groups excluding carboxylic acids is 1. The standard InChI is InChI=1S/C24H27N5O3S.H2/c1-19(20-5-3-2-4-6-20)17-24(30)29-15-13-28(14-16-29)21-7-9-22(10-8-21)33(31,32)27-23-11-12-25-18-26-23;/h2-12,18-19H,13-17H2,1H3,(H,25,26,27);1H/t19-;/m1./s1. The van der Waals surface area contributed by atoms with Gasteiger partial charge in [0.15, 0.2) is 0 Å². The molecule has 1 aliphatic heterocycles. The van der Waals surface area contributed by atoms with Gasteiger partial charge in [-0.2, -0.15) is 0 Å². The molecule has 8 nitrogen and oxygen atoms in total. The zero-order valence-electron chi connectivity index (χ0n) is 18.5. The molecule has 0 saturated carbocycles. The Kier molecular flexibility index (Phi) is 6.88. The number of aromatic nitrogens is 2. The average Bonchev–Trinajstić information content (AvgIpc) is 2.85. The summed E-state index contributed by atoms with van der Waals surface area (Å²) in [7, 11) is -3.73. The molecule has 33 heavy (non-hydrogen) atoms. The summed E-state index contributed by atoms with van der Waals surface area (Å²) in [4.78, 5) is 24.7. The molecule has 1 saturated heterocycles. The Balaban J connectivity index is 0.00000324. The van der Waals surface area contributed by atoms with E-state index in [9.17, 15) is 13.2 Å². The number of hydrogen-bond acceptors (Lipinski definition) is 6. The molecule has 0 aliphatic carbocycles. The summed E-state index contributed by atoms with van der Waals surface area (Å²) in [6, 6.07) is 18.3. The zero-order valence-corrected chi connectivity index (χ0v) is 19.3. The van der Waals surface area contributed by atoms with Gasteiger partial charge in [0.05, 0.1) is 4.90 Å². The van der Waals surface area contributed by atoms with Gasteiger partial charge in [0.1, 0.15) is 12.1 Å². The maximum absolute atomic E-state index is 12.8. The SMILES string of the molecule is C[C@H](CC(=O)N1CCN(c2ccc(S(=O)(=O)Nc3ccncn3)cc2)CC1)c1ccccc1.[HH]. The first kappa shape index (κ1) is 22.7. The molecule has 0 radical (unpaired) electrons. The highest BCUT2D eigenvalue weighted by Crippen LogP contribution is 2.23. The predicted octanol–water partition coefficient (Wildman–Crippen LogP) is 3.37. The van der Waals surface area contributed by atoms with Crippen molar-refractivity contribution in [3.8, 4) is 0 Å². The highest BCUT2D eigenvalue weighted by Gasteiger charge is 2.23. The third-order valence-electron chi connectivity index (χ3n) is 5.81. The Morgan fingerprint density at radius 1 is 1.03 bits per heavy atom. The maximum Gasteiger partial charge on any atom is 0.263 e. The lowest BCUT2D eigenvalue weighted by atomic mass is 9.97. The highest BCUT2D eigenvalue weighted by atomic mass is 32.2. The quantitative estimate of drug-likeness (QED) is 0.572. The van der Waals surface area contributed by atoms with Crippen LogP contribution in [0, 0.1) is 0 Å². The Hall–Kier alpha value is -3.46. The second-order valence-electron chi connectivity index (χ2n) is 8.08.